The third kappa shape index (κ3) is 2.86. The molecule has 1 unspecified atom stereocenters. The summed E-state index contributed by atoms with van der Waals surface area (Å²) in [5.41, 5.74) is 4.14. The number of hydrogen-bond acceptors (Lipinski definition) is 3. The van der Waals surface area contributed by atoms with Gasteiger partial charge >= 0.3 is 0 Å². The first-order valence-electron chi connectivity index (χ1n) is 6.45. The highest BCUT2D eigenvalue weighted by Crippen LogP contribution is 2.31. The Kier molecular flexibility index (Phi) is 4.03. The number of benzene rings is 2. The van der Waals surface area contributed by atoms with E-state index in [-0.39, 0.29) is 6.04 Å². The molecule has 3 rings (SSSR count). The Balaban J connectivity index is 1.87. The van der Waals surface area contributed by atoms with Crippen LogP contribution in [0.5, 0.6) is 0 Å². The molecule has 20 heavy (non-hydrogen) atoms. The molecule has 4 heteroatoms. The van der Waals surface area contributed by atoms with Gasteiger partial charge in [-0.15, -0.1) is 11.3 Å². The lowest BCUT2D eigenvalue weighted by atomic mass is 10.0. The molecular weight excluding hydrogens is 288 g/mol. The molecule has 0 aliphatic carbocycles. The number of halogens is 1. The molecule has 0 radical (unpaired) electrons. The zero-order valence-corrected chi connectivity index (χ0v) is 12.4. The van der Waals surface area contributed by atoms with Gasteiger partial charge in [-0.1, -0.05) is 41.9 Å². The van der Waals surface area contributed by atoms with E-state index < -0.39 is 0 Å². The normalized spacial score (nSPS) is 12.7. The summed E-state index contributed by atoms with van der Waals surface area (Å²) >= 11 is 7.70. The Labute approximate surface area is 127 Å². The summed E-state index contributed by atoms with van der Waals surface area (Å²) in [6.07, 6.45) is 0.848. The lowest BCUT2D eigenvalue weighted by Crippen LogP contribution is -2.28. The first-order chi connectivity index (χ1) is 9.76. The maximum Gasteiger partial charge on any atom is 0.0593 e. The highest BCUT2D eigenvalue weighted by molar-refractivity contribution is 7.19. The second kappa shape index (κ2) is 5.94. The van der Waals surface area contributed by atoms with Crippen LogP contribution in [0.1, 0.15) is 16.5 Å². The van der Waals surface area contributed by atoms with Crippen LogP contribution in [0, 0.1) is 0 Å². The van der Waals surface area contributed by atoms with Gasteiger partial charge in [-0.2, -0.15) is 0 Å². The molecule has 0 aliphatic heterocycles. The van der Waals surface area contributed by atoms with Gasteiger partial charge in [0.2, 0.25) is 0 Å². The third-order valence-electron chi connectivity index (χ3n) is 3.34. The van der Waals surface area contributed by atoms with Gasteiger partial charge in [0.05, 0.1) is 6.04 Å². The van der Waals surface area contributed by atoms with E-state index in [1.165, 1.54) is 20.5 Å². The van der Waals surface area contributed by atoms with Crippen molar-refractivity contribution in [3.63, 3.8) is 0 Å². The van der Waals surface area contributed by atoms with Crippen LogP contribution in [0.15, 0.2) is 54.6 Å². The van der Waals surface area contributed by atoms with Crippen molar-refractivity contribution in [2.24, 2.45) is 5.84 Å². The monoisotopic (exact) mass is 302 g/mol. The highest BCUT2D eigenvalue weighted by Gasteiger charge is 2.13. The fourth-order valence-electron chi connectivity index (χ4n) is 2.27. The van der Waals surface area contributed by atoms with Crippen molar-refractivity contribution in [1.82, 2.24) is 5.43 Å². The van der Waals surface area contributed by atoms with E-state index in [9.17, 15) is 0 Å². The molecule has 0 fully saturated rings. The number of fused-ring (bicyclic) bond motifs is 1. The summed E-state index contributed by atoms with van der Waals surface area (Å²) in [5.74, 6) is 5.73. The van der Waals surface area contributed by atoms with Crippen LogP contribution in [0.3, 0.4) is 0 Å². The molecule has 1 aromatic heterocycles. The van der Waals surface area contributed by atoms with Crippen LogP contribution in [-0.2, 0) is 6.42 Å². The Bertz CT molecular complexity index is 673. The number of hydrogen-bond donors (Lipinski definition) is 2. The van der Waals surface area contributed by atoms with Gasteiger partial charge in [-0.25, -0.2) is 0 Å². The SMILES string of the molecule is NNC(Cc1ccc(Cl)cc1)c1cc2ccccc2s1. The van der Waals surface area contributed by atoms with E-state index in [0.29, 0.717) is 0 Å². The zero-order valence-electron chi connectivity index (χ0n) is 10.8. The van der Waals surface area contributed by atoms with Crippen LogP contribution in [-0.4, -0.2) is 0 Å². The number of rotatable bonds is 4. The average Bonchev–Trinajstić information content (AvgIpc) is 2.90. The van der Waals surface area contributed by atoms with E-state index in [1.54, 1.807) is 11.3 Å². The van der Waals surface area contributed by atoms with Crippen LogP contribution < -0.4 is 11.3 Å². The molecule has 0 saturated carbocycles. The summed E-state index contributed by atoms with van der Waals surface area (Å²) in [5, 5.41) is 2.02. The number of hydrazine groups is 1. The fourth-order valence-corrected chi connectivity index (χ4v) is 3.52. The summed E-state index contributed by atoms with van der Waals surface area (Å²) in [7, 11) is 0. The molecule has 0 saturated heterocycles. The van der Waals surface area contributed by atoms with Crippen molar-refractivity contribution >= 4 is 33.0 Å². The van der Waals surface area contributed by atoms with E-state index in [1.807, 2.05) is 24.3 Å². The van der Waals surface area contributed by atoms with Gasteiger partial charge in [0.15, 0.2) is 0 Å². The average molecular weight is 303 g/mol. The lowest BCUT2D eigenvalue weighted by molar-refractivity contribution is 0.561. The molecule has 0 spiro atoms. The van der Waals surface area contributed by atoms with Gasteiger partial charge in [-0.05, 0) is 41.6 Å². The van der Waals surface area contributed by atoms with E-state index in [0.717, 1.165) is 11.4 Å². The summed E-state index contributed by atoms with van der Waals surface area (Å²) in [6, 6.07) is 18.6. The molecule has 0 amide bonds. The van der Waals surface area contributed by atoms with Gasteiger partial charge in [0, 0.05) is 14.6 Å². The smallest absolute Gasteiger partial charge is 0.0593 e. The van der Waals surface area contributed by atoms with Crippen molar-refractivity contribution < 1.29 is 0 Å². The number of nitrogens with two attached hydrogens (primary N) is 1. The largest absolute Gasteiger partial charge is 0.271 e. The van der Waals surface area contributed by atoms with E-state index in [4.69, 9.17) is 17.4 Å². The Morgan fingerprint density at radius 3 is 2.55 bits per heavy atom. The van der Waals surface area contributed by atoms with Crippen LogP contribution in [0.4, 0.5) is 0 Å². The Morgan fingerprint density at radius 1 is 1.10 bits per heavy atom. The summed E-state index contributed by atoms with van der Waals surface area (Å²) < 4.78 is 1.29. The minimum atomic E-state index is 0.119. The van der Waals surface area contributed by atoms with Crippen molar-refractivity contribution in [1.29, 1.82) is 0 Å². The fraction of sp³-hybridized carbons (Fsp3) is 0.125. The predicted octanol–water partition coefficient (Wildman–Crippen LogP) is 4.30. The van der Waals surface area contributed by atoms with Crippen LogP contribution >= 0.6 is 22.9 Å². The minimum Gasteiger partial charge on any atom is -0.271 e. The highest BCUT2D eigenvalue weighted by atomic mass is 35.5. The maximum atomic E-state index is 5.91. The number of nitrogens with one attached hydrogen (secondary N) is 1. The van der Waals surface area contributed by atoms with Gasteiger partial charge in [-0.3, -0.25) is 11.3 Å². The second-order valence-corrected chi connectivity index (χ2v) is 6.29. The van der Waals surface area contributed by atoms with Gasteiger partial charge in [0.25, 0.3) is 0 Å². The maximum absolute atomic E-state index is 5.91. The van der Waals surface area contributed by atoms with Gasteiger partial charge in [0.1, 0.15) is 0 Å². The molecule has 3 N–H and O–H groups in total. The molecule has 0 bridgehead atoms. The third-order valence-corrected chi connectivity index (χ3v) is 4.82. The predicted molar refractivity (Wildman–Crippen MR) is 87.0 cm³/mol. The molecule has 3 aromatic rings. The van der Waals surface area contributed by atoms with Gasteiger partial charge < -0.3 is 0 Å². The summed E-state index contributed by atoms with van der Waals surface area (Å²) in [4.78, 5) is 1.25. The molecule has 1 atom stereocenters. The van der Waals surface area contributed by atoms with Crippen molar-refractivity contribution in [2.45, 2.75) is 12.5 Å². The first kappa shape index (κ1) is 13.6. The molecular formula is C16H15ClN2S. The van der Waals surface area contributed by atoms with Crippen molar-refractivity contribution in [2.75, 3.05) is 0 Å². The zero-order chi connectivity index (χ0) is 13.9. The summed E-state index contributed by atoms with van der Waals surface area (Å²) in [6.45, 7) is 0. The molecule has 1 heterocycles. The molecule has 102 valence electrons. The minimum absolute atomic E-state index is 0.119. The van der Waals surface area contributed by atoms with Crippen molar-refractivity contribution in [3.8, 4) is 0 Å². The topological polar surface area (TPSA) is 38.0 Å². The van der Waals surface area contributed by atoms with Crippen LogP contribution in [0.25, 0.3) is 10.1 Å². The first-order valence-corrected chi connectivity index (χ1v) is 7.65. The second-order valence-electron chi connectivity index (χ2n) is 4.74. The Morgan fingerprint density at radius 2 is 1.85 bits per heavy atom. The number of thiophene rings is 1. The van der Waals surface area contributed by atoms with Crippen LogP contribution in [0.2, 0.25) is 5.02 Å². The molecule has 0 aliphatic rings. The van der Waals surface area contributed by atoms with Crippen molar-refractivity contribution in [3.05, 3.63) is 70.1 Å². The standard InChI is InChI=1S/C16H15ClN2S/c17-13-7-5-11(6-8-13)9-14(19-18)16-10-12-3-1-2-4-15(12)20-16/h1-8,10,14,19H,9,18H2. The molecule has 2 aromatic carbocycles. The quantitative estimate of drug-likeness (QED) is 0.557. The van der Waals surface area contributed by atoms with E-state index in [2.05, 4.69) is 35.8 Å². The molecule has 2 nitrogen and oxygen atoms in total. The Hall–Kier alpha value is -1.39. The lowest BCUT2D eigenvalue weighted by Gasteiger charge is -2.14. The van der Waals surface area contributed by atoms with E-state index >= 15 is 0 Å².